The van der Waals surface area contributed by atoms with Crippen LogP contribution in [-0.4, -0.2) is 39.5 Å². The first-order chi connectivity index (χ1) is 20.4. The third kappa shape index (κ3) is 12.3. The Bertz CT molecular complexity index is 1200. The quantitative estimate of drug-likeness (QED) is 0.0483. The lowest BCUT2D eigenvalue weighted by Crippen LogP contribution is -2.05. The number of methoxy groups -OCH3 is 1. The van der Waals surface area contributed by atoms with Crippen LogP contribution in [0.2, 0.25) is 0 Å². The summed E-state index contributed by atoms with van der Waals surface area (Å²) in [6.07, 6.45) is 11.9. The van der Waals surface area contributed by atoms with Gasteiger partial charge in [0.15, 0.2) is 23.0 Å². The molecule has 0 unspecified atom stereocenters. The van der Waals surface area contributed by atoms with E-state index in [4.69, 9.17) is 23.7 Å². The van der Waals surface area contributed by atoms with Crippen molar-refractivity contribution in [3.05, 3.63) is 59.7 Å². The molecule has 0 aromatic heterocycles. The van der Waals surface area contributed by atoms with Gasteiger partial charge in [-0.25, -0.2) is 4.79 Å². The largest absolute Gasteiger partial charge is 0.493 e. The summed E-state index contributed by atoms with van der Waals surface area (Å²) in [7, 11) is 1.61. The predicted molar refractivity (Wildman–Crippen MR) is 168 cm³/mol. The maximum atomic E-state index is 11.3. The second-order valence-corrected chi connectivity index (χ2v) is 10.1. The standard InChI is InChI=1S/C35H47NO6/c1-6-39-32-19-17-28(24-34(32)40-7-2)23-30(26-36)29-18-20-31(33(25-29)38-5)41-21-15-13-11-9-8-10-12-14-16-22-42-35(37)27(3)4/h17-20,23-25H,3,6-16,21-22H2,1-2,4-5H3. The minimum Gasteiger partial charge on any atom is -0.493 e. The van der Waals surface area contributed by atoms with Gasteiger partial charge in [-0.3, -0.25) is 0 Å². The first-order valence-corrected chi connectivity index (χ1v) is 15.1. The Morgan fingerprint density at radius 1 is 0.786 bits per heavy atom. The number of hydrogen-bond acceptors (Lipinski definition) is 7. The van der Waals surface area contributed by atoms with Crippen LogP contribution >= 0.6 is 0 Å². The van der Waals surface area contributed by atoms with Crippen molar-refractivity contribution in [1.82, 2.24) is 0 Å². The number of nitrogens with zero attached hydrogens (tertiary/aromatic N) is 1. The molecule has 0 atom stereocenters. The lowest BCUT2D eigenvalue weighted by atomic mass is 10.0. The number of carbonyl (C=O) groups is 1. The highest BCUT2D eigenvalue weighted by atomic mass is 16.5. The Labute approximate surface area is 252 Å². The second-order valence-electron chi connectivity index (χ2n) is 10.1. The Kier molecular flexibility index (Phi) is 16.4. The fourth-order valence-electron chi connectivity index (χ4n) is 4.37. The molecule has 0 amide bonds. The maximum absolute atomic E-state index is 11.3. The van der Waals surface area contributed by atoms with Gasteiger partial charge in [-0.1, -0.05) is 57.6 Å². The fraction of sp³-hybridized carbons (Fsp3) is 0.486. The van der Waals surface area contributed by atoms with Gasteiger partial charge in [-0.2, -0.15) is 5.26 Å². The monoisotopic (exact) mass is 577 g/mol. The van der Waals surface area contributed by atoms with E-state index in [1.807, 2.05) is 56.3 Å². The number of nitriles is 1. The number of ether oxygens (including phenoxy) is 5. The topological polar surface area (TPSA) is 87.0 Å². The van der Waals surface area contributed by atoms with E-state index in [1.54, 1.807) is 14.0 Å². The molecule has 228 valence electrons. The van der Waals surface area contributed by atoms with Crippen LogP contribution in [0.3, 0.4) is 0 Å². The summed E-state index contributed by atoms with van der Waals surface area (Å²) >= 11 is 0. The summed E-state index contributed by atoms with van der Waals surface area (Å²) in [6.45, 7) is 11.3. The number of unbranched alkanes of at least 4 members (excludes halogenated alkanes) is 8. The van der Waals surface area contributed by atoms with Crippen LogP contribution in [0.5, 0.6) is 23.0 Å². The molecule has 0 aliphatic rings. The van der Waals surface area contributed by atoms with E-state index in [0.29, 0.717) is 60.6 Å². The number of esters is 1. The summed E-state index contributed by atoms with van der Waals surface area (Å²) in [5, 5.41) is 9.88. The van der Waals surface area contributed by atoms with Gasteiger partial charge in [0.1, 0.15) is 0 Å². The van der Waals surface area contributed by atoms with Crippen LogP contribution in [0.1, 0.15) is 89.7 Å². The Morgan fingerprint density at radius 3 is 1.95 bits per heavy atom. The SMILES string of the molecule is C=C(C)C(=O)OCCCCCCCCCCCOc1ccc(C(C#N)=Cc2ccc(OCC)c(OCC)c2)cc1OC. The van der Waals surface area contributed by atoms with Gasteiger partial charge in [0.05, 0.1) is 45.2 Å². The molecule has 0 aliphatic heterocycles. The second kappa shape index (κ2) is 20.0. The molecule has 0 saturated heterocycles. The van der Waals surface area contributed by atoms with Gasteiger partial charge in [-0.05, 0) is 81.1 Å². The highest BCUT2D eigenvalue weighted by Gasteiger charge is 2.11. The van der Waals surface area contributed by atoms with Crippen molar-refractivity contribution < 1.29 is 28.5 Å². The number of hydrogen-bond donors (Lipinski definition) is 0. The molecule has 0 radical (unpaired) electrons. The van der Waals surface area contributed by atoms with Gasteiger partial charge in [0.25, 0.3) is 0 Å². The van der Waals surface area contributed by atoms with Crippen LogP contribution < -0.4 is 18.9 Å². The highest BCUT2D eigenvalue weighted by molar-refractivity contribution is 5.90. The molecule has 0 bridgehead atoms. The Hall–Kier alpha value is -3.92. The lowest BCUT2D eigenvalue weighted by Gasteiger charge is -2.13. The molecule has 2 aromatic rings. The lowest BCUT2D eigenvalue weighted by molar-refractivity contribution is -0.139. The highest BCUT2D eigenvalue weighted by Crippen LogP contribution is 2.33. The maximum Gasteiger partial charge on any atom is 0.333 e. The van der Waals surface area contributed by atoms with Crippen LogP contribution in [-0.2, 0) is 9.53 Å². The minimum atomic E-state index is -0.298. The van der Waals surface area contributed by atoms with Crippen LogP contribution in [0.15, 0.2) is 48.6 Å². The fourth-order valence-corrected chi connectivity index (χ4v) is 4.37. The van der Waals surface area contributed by atoms with Crippen molar-refractivity contribution in [3.63, 3.8) is 0 Å². The van der Waals surface area contributed by atoms with Crippen molar-refractivity contribution >= 4 is 17.6 Å². The first kappa shape index (κ1) is 34.3. The van der Waals surface area contributed by atoms with Crippen molar-refractivity contribution in [1.29, 1.82) is 5.26 Å². The zero-order valence-corrected chi connectivity index (χ0v) is 25.8. The normalized spacial score (nSPS) is 11.0. The molecule has 42 heavy (non-hydrogen) atoms. The average Bonchev–Trinajstić information content (AvgIpc) is 2.99. The van der Waals surface area contributed by atoms with E-state index >= 15 is 0 Å². The number of rotatable bonds is 21. The van der Waals surface area contributed by atoms with Crippen LogP contribution in [0, 0.1) is 11.3 Å². The van der Waals surface area contributed by atoms with Crippen molar-refractivity contribution in [2.75, 3.05) is 33.5 Å². The zero-order valence-electron chi connectivity index (χ0n) is 25.8. The van der Waals surface area contributed by atoms with Crippen molar-refractivity contribution in [3.8, 4) is 29.1 Å². The summed E-state index contributed by atoms with van der Waals surface area (Å²) in [4.78, 5) is 11.3. The van der Waals surface area contributed by atoms with Gasteiger partial charge in [-0.15, -0.1) is 0 Å². The van der Waals surface area contributed by atoms with E-state index in [2.05, 4.69) is 12.6 Å². The molecule has 0 heterocycles. The first-order valence-electron chi connectivity index (χ1n) is 15.1. The molecular formula is C35H47NO6. The van der Waals surface area contributed by atoms with E-state index in [1.165, 1.54) is 32.1 Å². The molecule has 0 aliphatic carbocycles. The van der Waals surface area contributed by atoms with Gasteiger partial charge < -0.3 is 23.7 Å². The molecule has 2 aromatic carbocycles. The van der Waals surface area contributed by atoms with E-state index < -0.39 is 0 Å². The molecule has 2 rings (SSSR count). The third-order valence-electron chi connectivity index (χ3n) is 6.60. The van der Waals surface area contributed by atoms with Gasteiger partial charge in [0.2, 0.25) is 0 Å². The van der Waals surface area contributed by atoms with Crippen LogP contribution in [0.4, 0.5) is 0 Å². The van der Waals surface area contributed by atoms with Gasteiger partial charge in [0, 0.05) is 5.57 Å². The van der Waals surface area contributed by atoms with Crippen molar-refractivity contribution in [2.24, 2.45) is 0 Å². The number of benzene rings is 2. The predicted octanol–water partition coefficient (Wildman–Crippen LogP) is 8.57. The number of allylic oxidation sites excluding steroid dienone is 1. The van der Waals surface area contributed by atoms with Gasteiger partial charge >= 0.3 is 5.97 Å². The minimum absolute atomic E-state index is 0.298. The van der Waals surface area contributed by atoms with E-state index in [-0.39, 0.29) is 5.97 Å². The molecule has 0 saturated carbocycles. The van der Waals surface area contributed by atoms with E-state index in [9.17, 15) is 10.1 Å². The van der Waals surface area contributed by atoms with E-state index in [0.717, 1.165) is 36.8 Å². The molecule has 0 fully saturated rings. The zero-order chi connectivity index (χ0) is 30.6. The Balaban J connectivity index is 1.76. The molecule has 0 N–H and O–H groups in total. The smallest absolute Gasteiger partial charge is 0.333 e. The molecule has 7 heteroatoms. The summed E-state index contributed by atoms with van der Waals surface area (Å²) < 4.78 is 28.1. The molecule has 0 spiro atoms. The average molecular weight is 578 g/mol. The van der Waals surface area contributed by atoms with Crippen molar-refractivity contribution in [2.45, 2.75) is 78.6 Å². The summed E-state index contributed by atoms with van der Waals surface area (Å²) in [6, 6.07) is 13.5. The Morgan fingerprint density at radius 2 is 1.36 bits per heavy atom. The summed E-state index contributed by atoms with van der Waals surface area (Å²) in [5.41, 5.74) is 2.56. The third-order valence-corrected chi connectivity index (χ3v) is 6.60. The molecular weight excluding hydrogens is 530 g/mol. The van der Waals surface area contributed by atoms with Crippen LogP contribution in [0.25, 0.3) is 11.6 Å². The number of carbonyl (C=O) groups excluding carboxylic acids is 1. The molecule has 7 nitrogen and oxygen atoms in total. The summed E-state index contributed by atoms with van der Waals surface area (Å²) in [5.74, 6) is 2.32.